The van der Waals surface area contributed by atoms with Gasteiger partial charge in [-0.25, -0.2) is 8.42 Å². The number of sulfone groups is 1. The smallest absolute Gasteiger partial charge is 0.147 e. The molecule has 0 radical (unpaired) electrons. The van der Waals surface area contributed by atoms with E-state index in [1.165, 1.54) is 6.26 Å². The van der Waals surface area contributed by atoms with Gasteiger partial charge in [0, 0.05) is 23.7 Å². The summed E-state index contributed by atoms with van der Waals surface area (Å²) >= 11 is 0. The Balaban J connectivity index is 2.66. The molecule has 1 unspecified atom stereocenters. The van der Waals surface area contributed by atoms with Crippen LogP contribution in [-0.4, -0.2) is 32.0 Å². The molecule has 5 heteroatoms. The summed E-state index contributed by atoms with van der Waals surface area (Å²) in [6, 6.07) is 6.11. The van der Waals surface area contributed by atoms with Gasteiger partial charge < -0.3 is 5.32 Å². The molecule has 0 aromatic carbocycles. The average Bonchev–Trinajstić information content (AvgIpc) is 2.32. The van der Waals surface area contributed by atoms with E-state index in [1.54, 1.807) is 0 Å². The molecular weight excluding hydrogens is 260 g/mol. The van der Waals surface area contributed by atoms with Crippen molar-refractivity contribution >= 4 is 9.84 Å². The topological polar surface area (TPSA) is 59.1 Å². The van der Waals surface area contributed by atoms with Crippen LogP contribution in [0.3, 0.4) is 0 Å². The molecule has 0 aliphatic rings. The fourth-order valence-electron chi connectivity index (χ4n) is 1.98. The van der Waals surface area contributed by atoms with E-state index in [9.17, 15) is 8.42 Å². The van der Waals surface area contributed by atoms with Gasteiger partial charge in [0.1, 0.15) is 9.84 Å². The van der Waals surface area contributed by atoms with Crippen molar-refractivity contribution in [2.75, 3.05) is 18.6 Å². The molecule has 0 saturated heterocycles. The second-order valence-electron chi connectivity index (χ2n) is 4.98. The minimum Gasteiger partial charge on any atom is -0.309 e. The minimum absolute atomic E-state index is 0.140. The molecule has 0 bridgehead atoms. The van der Waals surface area contributed by atoms with Gasteiger partial charge in [0.25, 0.3) is 0 Å². The van der Waals surface area contributed by atoms with Crippen LogP contribution in [0.1, 0.15) is 43.6 Å². The number of hydrogen-bond donors (Lipinski definition) is 1. The first-order chi connectivity index (χ1) is 8.92. The first-order valence-electron chi connectivity index (χ1n) is 6.77. The highest BCUT2D eigenvalue weighted by molar-refractivity contribution is 7.90. The second-order valence-corrected chi connectivity index (χ2v) is 7.24. The molecule has 108 valence electrons. The molecule has 19 heavy (non-hydrogen) atoms. The summed E-state index contributed by atoms with van der Waals surface area (Å²) in [5.41, 5.74) is 1.99. The fraction of sp³-hybridized carbons (Fsp3) is 0.643. The van der Waals surface area contributed by atoms with Gasteiger partial charge in [0.05, 0.1) is 5.69 Å². The average molecular weight is 284 g/mol. The first-order valence-corrected chi connectivity index (χ1v) is 8.83. The zero-order valence-corrected chi connectivity index (χ0v) is 12.8. The lowest BCUT2D eigenvalue weighted by Gasteiger charge is -2.18. The van der Waals surface area contributed by atoms with Crippen LogP contribution in [-0.2, 0) is 9.84 Å². The van der Waals surface area contributed by atoms with Crippen molar-refractivity contribution in [1.82, 2.24) is 10.3 Å². The molecule has 1 atom stereocenters. The van der Waals surface area contributed by atoms with E-state index < -0.39 is 9.84 Å². The number of nitrogens with zero attached hydrogens (tertiary/aromatic N) is 1. The molecule has 0 saturated carbocycles. The fourth-order valence-corrected chi connectivity index (χ4v) is 2.67. The number of pyridine rings is 1. The maximum Gasteiger partial charge on any atom is 0.147 e. The highest BCUT2D eigenvalue weighted by Crippen LogP contribution is 2.17. The largest absolute Gasteiger partial charge is 0.309 e. The van der Waals surface area contributed by atoms with Crippen LogP contribution in [0.15, 0.2) is 18.2 Å². The molecular formula is C14H24N2O2S. The van der Waals surface area contributed by atoms with Gasteiger partial charge in [-0.1, -0.05) is 13.0 Å². The van der Waals surface area contributed by atoms with Crippen LogP contribution in [0.2, 0.25) is 0 Å². The van der Waals surface area contributed by atoms with Gasteiger partial charge >= 0.3 is 0 Å². The van der Waals surface area contributed by atoms with Crippen LogP contribution in [0.4, 0.5) is 0 Å². The van der Waals surface area contributed by atoms with Crippen LogP contribution in [0.25, 0.3) is 0 Å². The van der Waals surface area contributed by atoms with E-state index in [0.29, 0.717) is 6.42 Å². The Bertz CT molecular complexity index is 486. The van der Waals surface area contributed by atoms with Crippen LogP contribution < -0.4 is 5.32 Å². The van der Waals surface area contributed by atoms with Gasteiger partial charge in [-0.3, -0.25) is 4.98 Å². The van der Waals surface area contributed by atoms with Gasteiger partial charge in [0.2, 0.25) is 0 Å². The Kier molecular flexibility index (Phi) is 6.45. The lowest BCUT2D eigenvalue weighted by atomic mass is 10.1. The molecule has 1 rings (SSSR count). The Morgan fingerprint density at radius 1 is 1.37 bits per heavy atom. The third kappa shape index (κ3) is 6.68. The Morgan fingerprint density at radius 2 is 2.11 bits per heavy atom. The number of aromatic nitrogens is 1. The van der Waals surface area contributed by atoms with Crippen molar-refractivity contribution in [2.24, 2.45) is 0 Å². The number of aryl methyl sites for hydroxylation is 1. The van der Waals surface area contributed by atoms with E-state index in [1.807, 2.05) is 25.1 Å². The molecule has 1 heterocycles. The maximum absolute atomic E-state index is 11.2. The van der Waals surface area contributed by atoms with Crippen LogP contribution in [0, 0.1) is 6.92 Å². The molecule has 1 aromatic heterocycles. The summed E-state index contributed by atoms with van der Waals surface area (Å²) in [7, 11) is -2.88. The van der Waals surface area contributed by atoms with Gasteiger partial charge in [0.15, 0.2) is 0 Å². The molecule has 0 spiro atoms. The second kappa shape index (κ2) is 7.60. The zero-order chi connectivity index (χ0) is 14.3. The summed E-state index contributed by atoms with van der Waals surface area (Å²) < 4.78 is 22.4. The van der Waals surface area contributed by atoms with Gasteiger partial charge in [-0.05, 0) is 44.9 Å². The van der Waals surface area contributed by atoms with E-state index in [2.05, 4.69) is 17.2 Å². The highest BCUT2D eigenvalue weighted by Gasteiger charge is 2.13. The molecule has 4 nitrogen and oxygen atoms in total. The zero-order valence-electron chi connectivity index (χ0n) is 12.0. The van der Waals surface area contributed by atoms with Gasteiger partial charge in [-0.2, -0.15) is 0 Å². The van der Waals surface area contributed by atoms with Crippen LogP contribution >= 0.6 is 0 Å². The van der Waals surface area contributed by atoms with E-state index >= 15 is 0 Å². The predicted molar refractivity (Wildman–Crippen MR) is 79.0 cm³/mol. The van der Waals surface area contributed by atoms with E-state index in [0.717, 1.165) is 30.8 Å². The molecule has 0 fully saturated rings. The summed E-state index contributed by atoms with van der Waals surface area (Å²) in [4.78, 5) is 4.53. The summed E-state index contributed by atoms with van der Waals surface area (Å²) in [5, 5.41) is 3.44. The van der Waals surface area contributed by atoms with Crippen molar-refractivity contribution < 1.29 is 8.42 Å². The maximum atomic E-state index is 11.2. The van der Waals surface area contributed by atoms with E-state index in [-0.39, 0.29) is 11.8 Å². The number of nitrogens with one attached hydrogen (secondary N) is 1. The lowest BCUT2D eigenvalue weighted by molar-refractivity contribution is 0.482. The Labute approximate surface area is 116 Å². The van der Waals surface area contributed by atoms with Crippen molar-refractivity contribution in [1.29, 1.82) is 0 Å². The summed E-state index contributed by atoms with van der Waals surface area (Å²) in [5.74, 6) is 0.239. The van der Waals surface area contributed by atoms with Crippen molar-refractivity contribution in [2.45, 2.75) is 39.2 Å². The van der Waals surface area contributed by atoms with Crippen LogP contribution in [0.5, 0.6) is 0 Å². The summed E-state index contributed by atoms with van der Waals surface area (Å²) in [6.07, 6.45) is 3.79. The van der Waals surface area contributed by atoms with Crippen molar-refractivity contribution in [3.05, 3.63) is 29.6 Å². The quantitative estimate of drug-likeness (QED) is 0.795. The molecule has 1 N–H and O–H groups in total. The van der Waals surface area contributed by atoms with E-state index in [4.69, 9.17) is 0 Å². The minimum atomic E-state index is -2.88. The monoisotopic (exact) mass is 284 g/mol. The molecule has 0 amide bonds. The normalized spacial score (nSPS) is 13.4. The molecule has 1 aromatic rings. The predicted octanol–water partition coefficient (Wildman–Crippen LogP) is 2.26. The first kappa shape index (κ1) is 16.1. The lowest BCUT2D eigenvalue weighted by Crippen LogP contribution is -2.24. The SMILES string of the molecule is CCCNC(CCCS(C)(=O)=O)c1cccc(C)n1. The Hall–Kier alpha value is -0.940. The van der Waals surface area contributed by atoms with Gasteiger partial charge in [-0.15, -0.1) is 0 Å². The third-order valence-electron chi connectivity index (χ3n) is 2.92. The standard InChI is InChI=1S/C14H24N2O2S/c1-4-10-15-13(9-6-11-19(3,17)18)14-8-5-7-12(2)16-14/h5,7-8,13,15H,4,6,9-11H2,1-3H3. The third-order valence-corrected chi connectivity index (χ3v) is 3.95. The molecule has 0 aliphatic heterocycles. The number of rotatable bonds is 8. The Morgan fingerprint density at radius 3 is 2.68 bits per heavy atom. The van der Waals surface area contributed by atoms with Crippen molar-refractivity contribution in [3.63, 3.8) is 0 Å². The highest BCUT2D eigenvalue weighted by atomic mass is 32.2. The summed E-state index contributed by atoms with van der Waals surface area (Å²) in [6.45, 7) is 5.00. The molecule has 0 aliphatic carbocycles. The van der Waals surface area contributed by atoms with Crippen molar-refractivity contribution in [3.8, 4) is 0 Å². The number of hydrogen-bond acceptors (Lipinski definition) is 4.